The first-order valence-corrected chi connectivity index (χ1v) is 11.3. The maximum atomic E-state index is 13.5. The van der Waals surface area contributed by atoms with Gasteiger partial charge >= 0.3 is 0 Å². The molecule has 10 nitrogen and oxygen atoms in total. The largest absolute Gasteiger partial charge is 0.481 e. The second kappa shape index (κ2) is 11.0. The van der Waals surface area contributed by atoms with E-state index in [4.69, 9.17) is 26.5 Å². The van der Waals surface area contributed by atoms with Crippen molar-refractivity contribution in [3.63, 3.8) is 0 Å². The average molecular weight is 493 g/mol. The van der Waals surface area contributed by atoms with Crippen LogP contribution in [0.4, 0.5) is 11.8 Å². The van der Waals surface area contributed by atoms with E-state index >= 15 is 0 Å². The Morgan fingerprint density at radius 1 is 0.973 bits per heavy atom. The minimum atomic E-state index is -0.0746. The second-order valence-electron chi connectivity index (χ2n) is 7.79. The SMILES string of the molecule is CCc1nc2cccc(-c3ccc(OC)nc3)c2c(=O)n1-c1ccccc1.N#Cc1cnc(N)nc1N. The first-order valence-electron chi connectivity index (χ1n) is 11.3. The molecule has 4 N–H and O–H groups in total. The zero-order valence-electron chi connectivity index (χ0n) is 20.3. The third-order valence-corrected chi connectivity index (χ3v) is 5.51. The molecule has 0 aliphatic rings. The predicted molar refractivity (Wildman–Crippen MR) is 142 cm³/mol. The third kappa shape index (κ3) is 5.21. The van der Waals surface area contributed by atoms with E-state index in [0.717, 1.165) is 22.6 Å². The summed E-state index contributed by atoms with van der Waals surface area (Å²) in [7, 11) is 1.58. The highest BCUT2D eigenvalue weighted by molar-refractivity contribution is 5.94. The normalized spacial score (nSPS) is 10.3. The van der Waals surface area contributed by atoms with Gasteiger partial charge in [0, 0.05) is 24.2 Å². The zero-order valence-corrected chi connectivity index (χ0v) is 20.3. The number of aromatic nitrogens is 5. The van der Waals surface area contributed by atoms with Crippen molar-refractivity contribution in [2.75, 3.05) is 18.6 Å². The quantitative estimate of drug-likeness (QED) is 0.382. The number of hydrogen-bond acceptors (Lipinski definition) is 9. The van der Waals surface area contributed by atoms with Crippen LogP contribution in [0.1, 0.15) is 18.3 Å². The van der Waals surface area contributed by atoms with Crippen LogP contribution in [0.3, 0.4) is 0 Å². The van der Waals surface area contributed by atoms with Crippen molar-refractivity contribution in [2.45, 2.75) is 13.3 Å². The number of hydrogen-bond donors (Lipinski definition) is 2. The highest BCUT2D eigenvalue weighted by Crippen LogP contribution is 2.27. The van der Waals surface area contributed by atoms with Crippen LogP contribution >= 0.6 is 0 Å². The van der Waals surface area contributed by atoms with Gasteiger partial charge in [0.05, 0.1) is 29.9 Å². The number of pyridine rings is 1. The molecular weight excluding hydrogens is 468 g/mol. The van der Waals surface area contributed by atoms with E-state index in [-0.39, 0.29) is 22.9 Å². The van der Waals surface area contributed by atoms with Crippen molar-refractivity contribution in [3.05, 3.63) is 94.8 Å². The van der Waals surface area contributed by atoms with Crippen LogP contribution < -0.4 is 21.8 Å². The van der Waals surface area contributed by atoms with Gasteiger partial charge in [-0.3, -0.25) is 9.36 Å². The first kappa shape index (κ1) is 24.8. The summed E-state index contributed by atoms with van der Waals surface area (Å²) in [4.78, 5) is 29.7. The molecule has 0 aliphatic carbocycles. The number of rotatable bonds is 4. The van der Waals surface area contributed by atoms with Crippen LogP contribution in [0.5, 0.6) is 5.88 Å². The second-order valence-corrected chi connectivity index (χ2v) is 7.79. The molecule has 184 valence electrons. The lowest BCUT2D eigenvalue weighted by Crippen LogP contribution is -2.24. The van der Waals surface area contributed by atoms with E-state index in [1.54, 1.807) is 23.9 Å². The number of anilines is 2. The van der Waals surface area contributed by atoms with Crippen molar-refractivity contribution in [3.8, 4) is 28.8 Å². The minimum absolute atomic E-state index is 0.0746. The van der Waals surface area contributed by atoms with Crippen molar-refractivity contribution in [1.82, 2.24) is 24.5 Å². The molecule has 0 saturated carbocycles. The number of benzene rings is 2. The van der Waals surface area contributed by atoms with Crippen molar-refractivity contribution in [1.29, 1.82) is 5.26 Å². The van der Waals surface area contributed by atoms with Gasteiger partial charge in [-0.05, 0) is 29.8 Å². The Kier molecular flexibility index (Phi) is 7.35. The average Bonchev–Trinajstić information content (AvgIpc) is 2.93. The maximum Gasteiger partial charge on any atom is 0.266 e. The Balaban J connectivity index is 0.000000270. The van der Waals surface area contributed by atoms with Crippen LogP contribution in [0.25, 0.3) is 27.7 Å². The van der Waals surface area contributed by atoms with Crippen LogP contribution in [0.2, 0.25) is 0 Å². The molecule has 3 aromatic heterocycles. The molecule has 10 heteroatoms. The van der Waals surface area contributed by atoms with Crippen molar-refractivity contribution < 1.29 is 4.74 Å². The number of nitrogens with two attached hydrogens (primary N) is 2. The lowest BCUT2D eigenvalue weighted by Gasteiger charge is -2.14. The summed E-state index contributed by atoms with van der Waals surface area (Å²) in [6.07, 6.45) is 3.67. The summed E-state index contributed by atoms with van der Waals surface area (Å²) < 4.78 is 6.83. The van der Waals surface area contributed by atoms with Gasteiger partial charge in [-0.1, -0.05) is 37.3 Å². The summed E-state index contributed by atoms with van der Waals surface area (Å²) in [5.41, 5.74) is 13.8. The van der Waals surface area contributed by atoms with Gasteiger partial charge < -0.3 is 16.2 Å². The summed E-state index contributed by atoms with van der Waals surface area (Å²) in [6.45, 7) is 2.00. The number of fused-ring (bicyclic) bond motifs is 1. The highest BCUT2D eigenvalue weighted by Gasteiger charge is 2.15. The number of aryl methyl sites for hydroxylation is 1. The fourth-order valence-corrected chi connectivity index (χ4v) is 3.75. The van der Waals surface area contributed by atoms with Gasteiger partial charge in [-0.2, -0.15) is 10.2 Å². The number of ether oxygens (including phenoxy) is 1. The van der Waals surface area contributed by atoms with E-state index < -0.39 is 0 Å². The number of nitriles is 1. The molecule has 0 amide bonds. The van der Waals surface area contributed by atoms with Gasteiger partial charge in [0.25, 0.3) is 5.56 Å². The molecule has 0 bridgehead atoms. The topological polar surface area (TPSA) is 159 Å². The van der Waals surface area contributed by atoms with E-state index in [1.165, 1.54) is 6.20 Å². The molecule has 0 unspecified atom stereocenters. The third-order valence-electron chi connectivity index (χ3n) is 5.51. The van der Waals surface area contributed by atoms with E-state index in [9.17, 15) is 4.79 Å². The van der Waals surface area contributed by atoms with Crippen LogP contribution in [-0.2, 0) is 6.42 Å². The molecule has 37 heavy (non-hydrogen) atoms. The fourth-order valence-electron chi connectivity index (χ4n) is 3.75. The molecule has 5 rings (SSSR count). The summed E-state index contributed by atoms with van der Waals surface area (Å²) in [5.74, 6) is 1.47. The van der Waals surface area contributed by atoms with Gasteiger partial charge in [0.1, 0.15) is 23.3 Å². The Labute approximate surface area is 212 Å². The molecule has 2 aromatic carbocycles. The zero-order chi connectivity index (χ0) is 26.4. The van der Waals surface area contributed by atoms with Crippen molar-refractivity contribution in [2.24, 2.45) is 0 Å². The van der Waals surface area contributed by atoms with Gasteiger partial charge in [0.2, 0.25) is 11.8 Å². The number of methoxy groups -OCH3 is 1. The molecule has 5 aromatic rings. The number of para-hydroxylation sites is 1. The standard InChI is InChI=1S/C22H19N3O2.C5H5N5/c1-3-19-24-18-11-7-10-17(15-12-13-20(27-2)23-14-15)21(18)22(26)25(19)16-8-5-4-6-9-16;6-1-3-2-9-5(8)10-4(3)7/h4-14H,3H2,1-2H3;2H,(H4,7,8,9,10). The maximum absolute atomic E-state index is 13.5. The van der Waals surface area contributed by atoms with E-state index in [1.807, 2.05) is 67.6 Å². The summed E-state index contributed by atoms with van der Waals surface area (Å²) in [5, 5.41) is 8.95. The molecule has 0 atom stereocenters. The Bertz CT molecular complexity index is 1640. The smallest absolute Gasteiger partial charge is 0.266 e. The Morgan fingerprint density at radius 3 is 2.38 bits per heavy atom. The highest BCUT2D eigenvalue weighted by atomic mass is 16.5. The molecule has 3 heterocycles. The molecule has 0 fully saturated rings. The van der Waals surface area contributed by atoms with Crippen LogP contribution in [0.15, 0.2) is 77.9 Å². The first-order chi connectivity index (χ1) is 18.0. The summed E-state index contributed by atoms with van der Waals surface area (Å²) in [6, 6.07) is 20.9. The van der Waals surface area contributed by atoms with Gasteiger partial charge in [0.15, 0.2) is 0 Å². The molecule has 0 spiro atoms. The van der Waals surface area contributed by atoms with Crippen LogP contribution in [-0.4, -0.2) is 31.6 Å². The predicted octanol–water partition coefficient (Wildman–Crippen LogP) is 3.53. The molecule has 0 radical (unpaired) electrons. The minimum Gasteiger partial charge on any atom is -0.481 e. The Morgan fingerprint density at radius 2 is 1.76 bits per heavy atom. The molecular formula is C27H24N8O2. The summed E-state index contributed by atoms with van der Waals surface area (Å²) >= 11 is 0. The van der Waals surface area contributed by atoms with Crippen LogP contribution in [0, 0.1) is 11.3 Å². The number of nitrogen functional groups attached to an aromatic ring is 2. The Hall–Kier alpha value is -5.30. The fraction of sp³-hybridized carbons (Fsp3) is 0.111. The van der Waals surface area contributed by atoms with E-state index in [2.05, 4.69) is 15.0 Å². The monoisotopic (exact) mass is 492 g/mol. The molecule has 0 aliphatic heterocycles. The van der Waals surface area contributed by atoms with Crippen molar-refractivity contribution >= 4 is 22.7 Å². The lowest BCUT2D eigenvalue weighted by molar-refractivity contribution is 0.398. The van der Waals surface area contributed by atoms with E-state index in [0.29, 0.717) is 23.2 Å². The lowest BCUT2D eigenvalue weighted by atomic mass is 10.0. The molecule has 0 saturated heterocycles. The number of nitrogens with zero attached hydrogens (tertiary/aromatic N) is 6. The van der Waals surface area contributed by atoms with Gasteiger partial charge in [-0.25, -0.2) is 15.0 Å². The van der Waals surface area contributed by atoms with Gasteiger partial charge in [-0.15, -0.1) is 0 Å².